The molecule has 0 aromatic rings. The quantitative estimate of drug-likeness (QED) is 0.383. The summed E-state index contributed by atoms with van der Waals surface area (Å²) in [5, 5.41) is 0. The van der Waals surface area contributed by atoms with Crippen molar-refractivity contribution in [2.24, 2.45) is 0 Å². The van der Waals surface area contributed by atoms with E-state index in [9.17, 15) is 0 Å². The van der Waals surface area contributed by atoms with Gasteiger partial charge in [0.25, 0.3) is 0 Å². The molecule has 0 aliphatic heterocycles. The van der Waals surface area contributed by atoms with Gasteiger partial charge in [0.1, 0.15) is 0 Å². The smallest absolute Gasteiger partial charge is 1.00 e. The van der Waals surface area contributed by atoms with Crippen LogP contribution in [-0.4, -0.2) is 0 Å². The van der Waals surface area contributed by atoms with Gasteiger partial charge >= 0.3 is 52.1 Å². The Balaban J connectivity index is 0. The summed E-state index contributed by atoms with van der Waals surface area (Å²) in [4.78, 5) is 0. The van der Waals surface area contributed by atoms with Gasteiger partial charge in [-0.05, 0) is 0 Å². The van der Waals surface area contributed by atoms with E-state index in [1.165, 1.54) is 0 Å². The van der Waals surface area contributed by atoms with Crippen LogP contribution in [0.3, 0.4) is 0 Å². The Hall–Kier alpha value is 1.18. The van der Waals surface area contributed by atoms with Crippen LogP contribution < -0.4 is 28.2 Å². The van der Waals surface area contributed by atoms with Crippen molar-refractivity contribution in [1.82, 2.24) is 0 Å². The zero-order valence-electron chi connectivity index (χ0n) is 3.49. The van der Waals surface area contributed by atoms with Crippen LogP contribution in [0.1, 0.15) is 0 Å². The van der Waals surface area contributed by atoms with E-state index in [4.69, 9.17) is 0 Å². The molecule has 0 aromatic heterocycles. The monoisotopic (exact) mass is 270 g/mol. The van der Waals surface area contributed by atoms with E-state index in [0.717, 1.165) is 0 Å². The first kappa shape index (κ1) is 618. The number of rotatable bonds is 0. The normalized spacial score (nSPS) is 0. The predicted molar refractivity (Wildman–Crippen MR) is 0 cm³/mol. The third-order valence-electron chi connectivity index (χ3n) is 0. The minimum absolute atomic E-state index is 0. The number of halogens is 6. The van der Waals surface area contributed by atoms with E-state index < -0.39 is 0 Å². The average molecular weight is 270 g/mol. The first-order chi connectivity index (χ1) is 0. The SMILES string of the molecule is [Cr+2].[Cr+2].[Cr+2].[F-].[F-].[F-].[F-].[F-].[F-]. The molecule has 0 amide bonds. The molecule has 0 aromatic carbocycles. The minimum Gasteiger partial charge on any atom is -1.00 e. The first-order valence-electron chi connectivity index (χ1n) is 0. The van der Waals surface area contributed by atoms with Gasteiger partial charge in [0.15, 0.2) is 0 Å². The van der Waals surface area contributed by atoms with Crippen LogP contribution in [0.15, 0.2) is 0 Å². The van der Waals surface area contributed by atoms with Crippen LogP contribution in [0, 0.1) is 0 Å². The standard InChI is InChI=1S/3Cr.6FH/h;;;6*1H/q3*+2;;;;;;/p-6. The molecule has 9 heavy (non-hydrogen) atoms. The maximum atomic E-state index is 0. The van der Waals surface area contributed by atoms with Gasteiger partial charge in [0, 0.05) is 0 Å². The van der Waals surface area contributed by atoms with Crippen molar-refractivity contribution in [3.05, 3.63) is 0 Å². The maximum absolute atomic E-state index is 0. The summed E-state index contributed by atoms with van der Waals surface area (Å²) in [6, 6.07) is 0. The first-order valence-corrected chi connectivity index (χ1v) is 0. The molecule has 0 saturated heterocycles. The largest absolute Gasteiger partial charge is 2.00 e. The summed E-state index contributed by atoms with van der Waals surface area (Å²) in [6.07, 6.45) is 0. The molecular formula is Cr3F6. The molecule has 0 nitrogen and oxygen atoms in total. The molecule has 0 aliphatic rings. The predicted octanol–water partition coefficient (Wildman–Crippen LogP) is -18.0. The van der Waals surface area contributed by atoms with Crippen molar-refractivity contribution in [3.8, 4) is 0 Å². The molecule has 9 heteroatoms. The third kappa shape index (κ3) is 341. The van der Waals surface area contributed by atoms with Crippen molar-refractivity contribution in [2.45, 2.75) is 0 Å². The molecule has 0 fully saturated rings. The Morgan fingerprint density at radius 1 is 0.222 bits per heavy atom. The Morgan fingerprint density at radius 3 is 0.222 bits per heavy atom. The maximum Gasteiger partial charge on any atom is 2.00 e. The van der Waals surface area contributed by atoms with E-state index in [-0.39, 0.29) is 80.3 Å². The molecule has 0 N–H and O–H groups in total. The van der Waals surface area contributed by atoms with Gasteiger partial charge < -0.3 is 28.2 Å². The van der Waals surface area contributed by atoms with Crippen LogP contribution in [0.4, 0.5) is 0 Å². The zero-order chi connectivity index (χ0) is 0. The van der Waals surface area contributed by atoms with E-state index in [1.807, 2.05) is 0 Å². The Bertz CT molecular complexity index is 8.26. The van der Waals surface area contributed by atoms with Crippen LogP contribution in [-0.2, 0) is 52.1 Å². The topological polar surface area (TPSA) is 0 Å². The summed E-state index contributed by atoms with van der Waals surface area (Å²) < 4.78 is 0. The number of hydrogen-bond acceptors (Lipinski definition) is 0. The van der Waals surface area contributed by atoms with Gasteiger partial charge in [-0.2, -0.15) is 0 Å². The van der Waals surface area contributed by atoms with Gasteiger partial charge in [-0.15, -0.1) is 0 Å². The van der Waals surface area contributed by atoms with Gasteiger partial charge in [-0.3, -0.25) is 0 Å². The Labute approximate surface area is 80.4 Å². The van der Waals surface area contributed by atoms with E-state index in [0.29, 0.717) is 0 Å². The molecular weight excluding hydrogens is 270 g/mol. The van der Waals surface area contributed by atoms with Gasteiger partial charge in [0.05, 0.1) is 0 Å². The molecule has 0 bridgehead atoms. The average Bonchev–Trinajstić information content (AvgIpc) is 0. The fourth-order valence-electron chi connectivity index (χ4n) is 0. The van der Waals surface area contributed by atoms with Gasteiger partial charge in [0.2, 0.25) is 0 Å². The Morgan fingerprint density at radius 2 is 0.222 bits per heavy atom. The summed E-state index contributed by atoms with van der Waals surface area (Å²) in [7, 11) is 0. The molecule has 0 atom stereocenters. The summed E-state index contributed by atoms with van der Waals surface area (Å²) in [5.74, 6) is 0. The van der Waals surface area contributed by atoms with Crippen LogP contribution in [0.25, 0.3) is 0 Å². The summed E-state index contributed by atoms with van der Waals surface area (Å²) >= 11 is 0. The Kier molecular flexibility index (Phi) is 30400. The molecule has 0 aliphatic carbocycles. The van der Waals surface area contributed by atoms with Crippen LogP contribution in [0.2, 0.25) is 0 Å². The molecule has 0 radical (unpaired) electrons. The van der Waals surface area contributed by atoms with Crippen LogP contribution in [0.5, 0.6) is 0 Å². The molecule has 0 rings (SSSR count). The minimum atomic E-state index is 0. The third-order valence-corrected chi connectivity index (χ3v) is 0. The van der Waals surface area contributed by atoms with Crippen molar-refractivity contribution < 1.29 is 80.3 Å². The van der Waals surface area contributed by atoms with Crippen molar-refractivity contribution >= 4 is 0 Å². The van der Waals surface area contributed by atoms with Crippen LogP contribution >= 0.6 is 0 Å². The summed E-state index contributed by atoms with van der Waals surface area (Å²) in [5.41, 5.74) is 0. The van der Waals surface area contributed by atoms with Gasteiger partial charge in [-0.1, -0.05) is 0 Å². The van der Waals surface area contributed by atoms with Crippen molar-refractivity contribution in [2.75, 3.05) is 0 Å². The molecule has 60 valence electrons. The second-order valence-electron chi connectivity index (χ2n) is 0. The molecule has 0 unspecified atom stereocenters. The second kappa shape index (κ2) is 443. The second-order valence-corrected chi connectivity index (χ2v) is 0. The molecule has 0 heterocycles. The van der Waals surface area contributed by atoms with E-state index in [1.54, 1.807) is 0 Å². The van der Waals surface area contributed by atoms with Gasteiger partial charge in [-0.25, -0.2) is 0 Å². The fourth-order valence-corrected chi connectivity index (χ4v) is 0. The molecule has 0 saturated carbocycles. The fraction of sp³-hybridized carbons (Fsp3) is 0. The molecule has 0 spiro atoms. The van der Waals surface area contributed by atoms with E-state index in [2.05, 4.69) is 0 Å². The zero-order valence-corrected chi connectivity index (χ0v) is 7.32. The van der Waals surface area contributed by atoms with Crippen molar-refractivity contribution in [1.29, 1.82) is 0 Å². The van der Waals surface area contributed by atoms with E-state index >= 15 is 0 Å². The number of hydrogen-bond donors (Lipinski definition) is 0. The van der Waals surface area contributed by atoms with Crippen molar-refractivity contribution in [3.63, 3.8) is 0 Å². The summed E-state index contributed by atoms with van der Waals surface area (Å²) in [6.45, 7) is 0.